The molecule has 0 aliphatic carbocycles. The molecule has 37 heavy (non-hydrogen) atoms. The van der Waals surface area contributed by atoms with Crippen LogP contribution in [0.2, 0.25) is 5.02 Å². The topological polar surface area (TPSA) is 99.0 Å². The maximum absolute atomic E-state index is 12.9. The van der Waals surface area contributed by atoms with Gasteiger partial charge in [-0.15, -0.1) is 0 Å². The molecule has 3 aromatic carbocycles. The molecule has 0 radical (unpaired) electrons. The van der Waals surface area contributed by atoms with Crippen molar-refractivity contribution in [3.63, 3.8) is 0 Å². The highest BCUT2D eigenvalue weighted by atomic mass is 35.5. The van der Waals surface area contributed by atoms with Crippen molar-refractivity contribution in [1.29, 1.82) is 0 Å². The van der Waals surface area contributed by atoms with Gasteiger partial charge in [0.1, 0.15) is 6.61 Å². The third-order valence-electron chi connectivity index (χ3n) is 5.64. The highest BCUT2D eigenvalue weighted by Gasteiger charge is 2.34. The minimum absolute atomic E-state index is 0.00988. The quantitative estimate of drug-likeness (QED) is 0.165. The van der Waals surface area contributed by atoms with Crippen LogP contribution in [0.15, 0.2) is 71.6 Å². The summed E-state index contributed by atoms with van der Waals surface area (Å²) in [6.07, 6.45) is 3.06. The van der Waals surface area contributed by atoms with Crippen molar-refractivity contribution in [2.24, 2.45) is 0 Å². The number of nitrogens with zero attached hydrogens (tertiary/aromatic N) is 2. The molecule has 0 saturated carbocycles. The Morgan fingerprint density at radius 2 is 1.78 bits per heavy atom. The molecular weight excluding hydrogens is 516 g/mol. The molecule has 0 atom stereocenters. The third-order valence-corrected chi connectivity index (χ3v) is 6.83. The van der Waals surface area contributed by atoms with E-state index in [1.807, 2.05) is 30.3 Å². The first kappa shape index (κ1) is 26.2. The number of methoxy groups -OCH3 is 1. The van der Waals surface area contributed by atoms with Crippen molar-refractivity contribution in [3.8, 4) is 11.5 Å². The number of nitro benzene ring substituents is 1. The zero-order chi connectivity index (χ0) is 26.4. The van der Waals surface area contributed by atoms with Gasteiger partial charge in [0.2, 0.25) is 0 Å². The molecule has 1 fully saturated rings. The molecule has 0 spiro atoms. The maximum atomic E-state index is 12.9. The number of nitro groups is 1. The second-order valence-electron chi connectivity index (χ2n) is 8.17. The van der Waals surface area contributed by atoms with Gasteiger partial charge in [-0.25, -0.2) is 0 Å². The van der Waals surface area contributed by atoms with E-state index in [9.17, 15) is 19.7 Å². The number of hydrogen-bond acceptors (Lipinski definition) is 7. The average Bonchev–Trinajstić information content (AvgIpc) is 3.16. The zero-order valence-electron chi connectivity index (χ0n) is 19.9. The van der Waals surface area contributed by atoms with Crippen LogP contribution < -0.4 is 9.47 Å². The molecule has 190 valence electrons. The number of aryl methyl sites for hydroxylation is 1. The van der Waals surface area contributed by atoms with Crippen LogP contribution >= 0.6 is 23.4 Å². The summed E-state index contributed by atoms with van der Waals surface area (Å²) < 4.78 is 11.3. The van der Waals surface area contributed by atoms with E-state index in [-0.39, 0.29) is 28.5 Å². The summed E-state index contributed by atoms with van der Waals surface area (Å²) in [4.78, 5) is 37.3. The average molecular weight is 539 g/mol. The number of rotatable bonds is 10. The van der Waals surface area contributed by atoms with Crippen LogP contribution in [0.5, 0.6) is 11.5 Å². The molecule has 10 heteroatoms. The van der Waals surface area contributed by atoms with Crippen LogP contribution in [0, 0.1) is 10.1 Å². The molecule has 2 amide bonds. The van der Waals surface area contributed by atoms with E-state index >= 15 is 0 Å². The van der Waals surface area contributed by atoms with Gasteiger partial charge in [-0.3, -0.25) is 24.6 Å². The third kappa shape index (κ3) is 6.49. The standard InChI is InChI=1S/C27H23ClN2O6S/c1-35-23-15-20(14-22(28)25(23)36-17-19-9-11-21(12-10-19)30(33)34)16-24-26(31)29(27(32)37-24)13-5-8-18-6-3-2-4-7-18/h2-4,6-7,9-12,14-16H,5,8,13,17H2,1H3/b24-16+. The lowest BCUT2D eigenvalue weighted by Gasteiger charge is -2.14. The second-order valence-corrected chi connectivity index (χ2v) is 9.57. The van der Waals surface area contributed by atoms with Gasteiger partial charge in [-0.2, -0.15) is 0 Å². The van der Waals surface area contributed by atoms with E-state index in [1.165, 1.54) is 24.1 Å². The number of non-ortho nitro benzene ring substituents is 1. The molecule has 1 aliphatic rings. The molecule has 8 nitrogen and oxygen atoms in total. The summed E-state index contributed by atoms with van der Waals surface area (Å²) in [5.41, 5.74) is 2.44. The summed E-state index contributed by atoms with van der Waals surface area (Å²) in [6.45, 7) is 0.464. The number of thioether (sulfide) groups is 1. The van der Waals surface area contributed by atoms with Gasteiger partial charge in [0.25, 0.3) is 16.8 Å². The number of carbonyl (C=O) groups is 2. The van der Waals surface area contributed by atoms with Gasteiger partial charge in [-0.05, 0) is 71.6 Å². The van der Waals surface area contributed by atoms with Crippen molar-refractivity contribution < 1.29 is 24.0 Å². The largest absolute Gasteiger partial charge is 0.493 e. The van der Waals surface area contributed by atoms with Gasteiger partial charge < -0.3 is 9.47 Å². The highest BCUT2D eigenvalue weighted by molar-refractivity contribution is 8.18. The van der Waals surface area contributed by atoms with E-state index in [0.29, 0.717) is 40.5 Å². The molecule has 0 unspecified atom stereocenters. The van der Waals surface area contributed by atoms with Gasteiger partial charge in [0.15, 0.2) is 11.5 Å². The fourth-order valence-electron chi connectivity index (χ4n) is 3.76. The number of amides is 2. The normalized spacial score (nSPS) is 14.3. The van der Waals surface area contributed by atoms with Crippen molar-refractivity contribution in [2.45, 2.75) is 19.4 Å². The lowest BCUT2D eigenvalue weighted by molar-refractivity contribution is -0.384. The summed E-state index contributed by atoms with van der Waals surface area (Å²) in [5, 5.41) is 10.8. The highest BCUT2D eigenvalue weighted by Crippen LogP contribution is 2.39. The Labute approximate surface area is 223 Å². The molecule has 1 heterocycles. The van der Waals surface area contributed by atoms with Gasteiger partial charge in [-0.1, -0.05) is 41.9 Å². The van der Waals surface area contributed by atoms with Crippen LogP contribution in [0.25, 0.3) is 6.08 Å². The van der Waals surface area contributed by atoms with Crippen molar-refractivity contribution in [1.82, 2.24) is 4.90 Å². The van der Waals surface area contributed by atoms with Crippen LogP contribution in [0.3, 0.4) is 0 Å². The zero-order valence-corrected chi connectivity index (χ0v) is 21.5. The molecule has 0 bridgehead atoms. The minimum Gasteiger partial charge on any atom is -0.493 e. The lowest BCUT2D eigenvalue weighted by Crippen LogP contribution is -2.29. The van der Waals surface area contributed by atoms with E-state index in [1.54, 1.807) is 30.3 Å². The Bertz CT molecular complexity index is 1350. The van der Waals surface area contributed by atoms with Crippen LogP contribution in [-0.4, -0.2) is 34.6 Å². The summed E-state index contributed by atoms with van der Waals surface area (Å²) >= 11 is 7.35. The molecule has 1 aliphatic heterocycles. The first-order valence-corrected chi connectivity index (χ1v) is 12.6. The number of imide groups is 1. The monoisotopic (exact) mass is 538 g/mol. The Morgan fingerprint density at radius 3 is 2.46 bits per heavy atom. The molecule has 4 rings (SSSR count). The predicted octanol–water partition coefficient (Wildman–Crippen LogP) is 6.50. The summed E-state index contributed by atoms with van der Waals surface area (Å²) in [5.74, 6) is 0.313. The molecule has 3 aromatic rings. The van der Waals surface area contributed by atoms with E-state index in [0.717, 1.165) is 23.7 Å². The lowest BCUT2D eigenvalue weighted by atomic mass is 10.1. The fraction of sp³-hybridized carbons (Fsp3) is 0.185. The van der Waals surface area contributed by atoms with E-state index in [2.05, 4.69) is 0 Å². The first-order valence-electron chi connectivity index (χ1n) is 11.4. The summed E-state index contributed by atoms with van der Waals surface area (Å²) in [7, 11) is 1.47. The predicted molar refractivity (Wildman–Crippen MR) is 143 cm³/mol. The van der Waals surface area contributed by atoms with Gasteiger partial charge in [0, 0.05) is 18.7 Å². The fourth-order valence-corrected chi connectivity index (χ4v) is 4.90. The first-order chi connectivity index (χ1) is 17.9. The van der Waals surface area contributed by atoms with Crippen LogP contribution in [-0.2, 0) is 17.8 Å². The maximum Gasteiger partial charge on any atom is 0.293 e. The minimum atomic E-state index is -0.470. The molecule has 0 N–H and O–H groups in total. The SMILES string of the molecule is COc1cc(/C=C2/SC(=O)N(CCCc3ccccc3)C2=O)cc(Cl)c1OCc1ccc([N+](=O)[O-])cc1. The second kappa shape index (κ2) is 11.9. The van der Waals surface area contributed by atoms with Crippen molar-refractivity contribution >= 4 is 46.3 Å². The Balaban J connectivity index is 1.43. The van der Waals surface area contributed by atoms with Gasteiger partial charge in [0.05, 0.1) is 22.0 Å². The number of carbonyl (C=O) groups excluding carboxylic acids is 2. The van der Waals surface area contributed by atoms with Gasteiger partial charge >= 0.3 is 0 Å². The summed E-state index contributed by atoms with van der Waals surface area (Å²) in [6, 6.07) is 19.2. The Morgan fingerprint density at radius 1 is 1.05 bits per heavy atom. The molecule has 0 aromatic heterocycles. The molecule has 1 saturated heterocycles. The number of hydrogen-bond donors (Lipinski definition) is 0. The molecular formula is C27H23ClN2O6S. The van der Waals surface area contributed by atoms with Crippen LogP contribution in [0.1, 0.15) is 23.1 Å². The van der Waals surface area contributed by atoms with Crippen LogP contribution in [0.4, 0.5) is 10.5 Å². The van der Waals surface area contributed by atoms with Crippen molar-refractivity contribution in [3.05, 3.63) is 103 Å². The van der Waals surface area contributed by atoms with Crippen molar-refractivity contribution in [2.75, 3.05) is 13.7 Å². The smallest absolute Gasteiger partial charge is 0.293 e. The van der Waals surface area contributed by atoms with E-state index in [4.69, 9.17) is 21.1 Å². The number of halogens is 1. The Hall–Kier alpha value is -3.82. The Kier molecular flexibility index (Phi) is 8.47. The number of benzene rings is 3. The number of ether oxygens (including phenoxy) is 2. The van der Waals surface area contributed by atoms with E-state index < -0.39 is 4.92 Å².